The van der Waals surface area contributed by atoms with Crippen LogP contribution in [0.3, 0.4) is 0 Å². The Bertz CT molecular complexity index is 795. The molecule has 0 aliphatic carbocycles. The summed E-state index contributed by atoms with van der Waals surface area (Å²) in [5.74, 6) is -2.24. The van der Waals surface area contributed by atoms with Gasteiger partial charge in [-0.15, -0.1) is 0 Å². The summed E-state index contributed by atoms with van der Waals surface area (Å²) < 4.78 is 4.94. The van der Waals surface area contributed by atoms with Crippen LogP contribution in [0, 0.1) is 13.8 Å². The van der Waals surface area contributed by atoms with E-state index in [4.69, 9.17) is 4.74 Å². The number of ether oxygens (including phenoxy) is 1. The highest BCUT2D eigenvalue weighted by molar-refractivity contribution is 6.44. The average Bonchev–Trinajstić information content (AvgIpc) is 2.54. The van der Waals surface area contributed by atoms with Crippen LogP contribution in [0.4, 0.5) is 11.4 Å². The van der Waals surface area contributed by atoms with E-state index in [2.05, 4.69) is 10.6 Å². The number of amides is 2. The van der Waals surface area contributed by atoms with Gasteiger partial charge in [0.25, 0.3) is 0 Å². The molecule has 2 amide bonds. The third-order valence-electron chi connectivity index (χ3n) is 3.36. The minimum atomic E-state index is -0.865. The molecule has 0 bridgehead atoms. The number of benzene rings is 2. The lowest BCUT2D eigenvalue weighted by Gasteiger charge is -2.11. The molecule has 2 N–H and O–H groups in total. The molecule has 0 aliphatic rings. The van der Waals surface area contributed by atoms with Gasteiger partial charge in [0.1, 0.15) is 0 Å². The first-order valence-electron chi connectivity index (χ1n) is 7.87. The Hall–Kier alpha value is -3.15. The van der Waals surface area contributed by atoms with Crippen molar-refractivity contribution in [2.24, 2.45) is 0 Å². The second-order valence-electron chi connectivity index (χ2n) is 5.55. The zero-order valence-corrected chi connectivity index (χ0v) is 14.4. The van der Waals surface area contributed by atoms with Crippen LogP contribution in [0.5, 0.6) is 0 Å². The van der Waals surface area contributed by atoms with Crippen LogP contribution >= 0.6 is 0 Å². The standard InChI is InChI=1S/C19H20N2O4/c1-4-25-19(24)15-7-5-6-8-16(15)21-18(23)17(22)20-14-10-12(2)9-13(3)11-14/h5-11H,4H2,1-3H3,(H,20,22)(H,21,23). The Morgan fingerprint density at radius 2 is 1.52 bits per heavy atom. The Balaban J connectivity index is 2.11. The summed E-state index contributed by atoms with van der Waals surface area (Å²) in [6.45, 7) is 5.71. The van der Waals surface area contributed by atoms with Crippen LogP contribution in [-0.4, -0.2) is 24.4 Å². The number of nitrogens with one attached hydrogen (secondary N) is 2. The number of anilines is 2. The zero-order chi connectivity index (χ0) is 18.4. The van der Waals surface area contributed by atoms with E-state index >= 15 is 0 Å². The normalized spacial score (nSPS) is 10.0. The molecular weight excluding hydrogens is 320 g/mol. The van der Waals surface area contributed by atoms with Crippen molar-refractivity contribution in [1.29, 1.82) is 0 Å². The summed E-state index contributed by atoms with van der Waals surface area (Å²) in [7, 11) is 0. The van der Waals surface area contributed by atoms with E-state index in [1.54, 1.807) is 31.2 Å². The van der Waals surface area contributed by atoms with Crippen LogP contribution in [-0.2, 0) is 14.3 Å². The molecule has 25 heavy (non-hydrogen) atoms. The van der Waals surface area contributed by atoms with Gasteiger partial charge in [-0.2, -0.15) is 0 Å². The van der Waals surface area contributed by atoms with Crippen molar-refractivity contribution in [1.82, 2.24) is 0 Å². The monoisotopic (exact) mass is 340 g/mol. The first-order chi connectivity index (χ1) is 11.9. The first-order valence-corrected chi connectivity index (χ1v) is 7.87. The molecular formula is C19H20N2O4. The van der Waals surface area contributed by atoms with E-state index in [-0.39, 0.29) is 17.9 Å². The van der Waals surface area contributed by atoms with Crippen LogP contribution in [0.2, 0.25) is 0 Å². The highest BCUT2D eigenvalue weighted by Gasteiger charge is 2.18. The molecule has 0 unspecified atom stereocenters. The molecule has 6 nitrogen and oxygen atoms in total. The summed E-state index contributed by atoms with van der Waals surface area (Å²) in [6, 6.07) is 11.9. The highest BCUT2D eigenvalue weighted by atomic mass is 16.5. The average molecular weight is 340 g/mol. The van der Waals surface area contributed by atoms with Crippen LogP contribution in [0.25, 0.3) is 0 Å². The molecule has 0 atom stereocenters. The van der Waals surface area contributed by atoms with Gasteiger partial charge in [0.2, 0.25) is 0 Å². The minimum Gasteiger partial charge on any atom is -0.462 e. The van der Waals surface area contributed by atoms with Crippen molar-refractivity contribution in [3.8, 4) is 0 Å². The molecule has 2 aromatic carbocycles. The molecule has 0 saturated heterocycles. The van der Waals surface area contributed by atoms with Gasteiger partial charge in [-0.3, -0.25) is 9.59 Å². The summed E-state index contributed by atoms with van der Waals surface area (Å²) >= 11 is 0. The number of hydrogen-bond donors (Lipinski definition) is 2. The van der Waals surface area contributed by atoms with E-state index in [0.717, 1.165) is 11.1 Å². The van der Waals surface area contributed by atoms with E-state index in [0.29, 0.717) is 5.69 Å². The topological polar surface area (TPSA) is 84.5 Å². The largest absolute Gasteiger partial charge is 0.462 e. The van der Waals surface area contributed by atoms with Crippen LogP contribution in [0.1, 0.15) is 28.4 Å². The van der Waals surface area contributed by atoms with Gasteiger partial charge in [-0.25, -0.2) is 4.79 Å². The summed E-state index contributed by atoms with van der Waals surface area (Å²) in [5, 5.41) is 5.00. The Morgan fingerprint density at radius 3 is 2.16 bits per heavy atom. The second-order valence-corrected chi connectivity index (χ2v) is 5.55. The van der Waals surface area contributed by atoms with E-state index < -0.39 is 17.8 Å². The quantitative estimate of drug-likeness (QED) is 0.662. The van der Waals surface area contributed by atoms with Crippen LogP contribution < -0.4 is 10.6 Å². The number of rotatable bonds is 4. The number of carbonyl (C=O) groups is 3. The fraction of sp³-hybridized carbons (Fsp3) is 0.211. The van der Waals surface area contributed by atoms with E-state index in [1.807, 2.05) is 19.9 Å². The lowest BCUT2D eigenvalue weighted by Crippen LogP contribution is -2.29. The van der Waals surface area contributed by atoms with Gasteiger partial charge in [-0.05, 0) is 56.2 Å². The Kier molecular flexibility index (Phi) is 5.89. The molecule has 0 aromatic heterocycles. The van der Waals surface area contributed by atoms with Gasteiger partial charge in [0.15, 0.2) is 0 Å². The summed E-state index contributed by atoms with van der Waals surface area (Å²) in [6.07, 6.45) is 0. The lowest BCUT2D eigenvalue weighted by atomic mass is 10.1. The van der Waals surface area contributed by atoms with Gasteiger partial charge in [-0.1, -0.05) is 18.2 Å². The molecule has 6 heteroatoms. The van der Waals surface area contributed by atoms with Crippen molar-refractivity contribution >= 4 is 29.2 Å². The molecule has 0 radical (unpaired) electrons. The maximum absolute atomic E-state index is 12.1. The molecule has 0 heterocycles. The molecule has 0 aliphatic heterocycles. The zero-order valence-electron chi connectivity index (χ0n) is 14.4. The number of carbonyl (C=O) groups excluding carboxylic acids is 3. The minimum absolute atomic E-state index is 0.192. The predicted octanol–water partition coefficient (Wildman–Crippen LogP) is 3.06. The van der Waals surface area contributed by atoms with Crippen molar-refractivity contribution in [3.63, 3.8) is 0 Å². The molecule has 2 rings (SSSR count). The molecule has 0 saturated carbocycles. The summed E-state index contributed by atoms with van der Waals surface area (Å²) in [4.78, 5) is 36.2. The Labute approximate surface area is 146 Å². The lowest BCUT2D eigenvalue weighted by molar-refractivity contribution is -0.133. The van der Waals surface area contributed by atoms with Gasteiger partial charge >= 0.3 is 17.8 Å². The van der Waals surface area contributed by atoms with Gasteiger partial charge < -0.3 is 15.4 Å². The number of hydrogen-bond acceptors (Lipinski definition) is 4. The maximum Gasteiger partial charge on any atom is 0.340 e. The van der Waals surface area contributed by atoms with Crippen molar-refractivity contribution in [2.45, 2.75) is 20.8 Å². The Morgan fingerprint density at radius 1 is 0.920 bits per heavy atom. The SMILES string of the molecule is CCOC(=O)c1ccccc1NC(=O)C(=O)Nc1cc(C)cc(C)c1. The smallest absolute Gasteiger partial charge is 0.340 e. The van der Waals surface area contributed by atoms with E-state index in [9.17, 15) is 14.4 Å². The number of para-hydroxylation sites is 1. The number of esters is 1. The van der Waals surface area contributed by atoms with Crippen molar-refractivity contribution < 1.29 is 19.1 Å². The highest BCUT2D eigenvalue weighted by Crippen LogP contribution is 2.17. The van der Waals surface area contributed by atoms with Crippen molar-refractivity contribution in [2.75, 3.05) is 17.2 Å². The molecule has 0 spiro atoms. The summed E-state index contributed by atoms with van der Waals surface area (Å²) in [5.41, 5.74) is 2.90. The van der Waals surface area contributed by atoms with E-state index in [1.165, 1.54) is 12.1 Å². The van der Waals surface area contributed by atoms with Gasteiger partial charge in [0.05, 0.1) is 17.9 Å². The fourth-order valence-corrected chi connectivity index (χ4v) is 2.39. The van der Waals surface area contributed by atoms with Crippen molar-refractivity contribution in [3.05, 3.63) is 59.2 Å². The second kappa shape index (κ2) is 8.10. The third kappa shape index (κ3) is 4.91. The third-order valence-corrected chi connectivity index (χ3v) is 3.36. The maximum atomic E-state index is 12.1. The van der Waals surface area contributed by atoms with Gasteiger partial charge in [0, 0.05) is 5.69 Å². The molecule has 0 fully saturated rings. The molecule has 2 aromatic rings. The number of aryl methyl sites for hydroxylation is 2. The fourth-order valence-electron chi connectivity index (χ4n) is 2.39. The predicted molar refractivity (Wildman–Crippen MR) is 95.6 cm³/mol. The van der Waals surface area contributed by atoms with Crippen LogP contribution in [0.15, 0.2) is 42.5 Å². The molecule has 130 valence electrons. The first kappa shape index (κ1) is 18.2.